The van der Waals surface area contributed by atoms with E-state index in [9.17, 15) is 19.5 Å². The van der Waals surface area contributed by atoms with Gasteiger partial charge in [-0.1, -0.05) is 49.4 Å². The van der Waals surface area contributed by atoms with E-state index >= 15 is 0 Å². The van der Waals surface area contributed by atoms with Crippen LogP contribution < -0.4 is 22.5 Å². The normalized spacial score (nSPS) is 32.3. The van der Waals surface area contributed by atoms with Crippen LogP contribution in [0.15, 0.2) is 54.9 Å². The zero-order valence-electron chi connectivity index (χ0n) is 39.3. The van der Waals surface area contributed by atoms with E-state index in [1.807, 2.05) is 58.2 Å². The van der Waals surface area contributed by atoms with E-state index in [4.69, 9.17) is 40.9 Å². The number of aromatic nitrogens is 7. The maximum absolute atomic E-state index is 14.4. The van der Waals surface area contributed by atoms with Crippen molar-refractivity contribution in [3.05, 3.63) is 54.9 Å². The first-order chi connectivity index (χ1) is 32.0. The van der Waals surface area contributed by atoms with Gasteiger partial charge >= 0.3 is 12.1 Å². The molecule has 0 saturated carbocycles. The molecule has 3 aliphatic heterocycles. The fraction of sp³-hybridized carbons (Fsp3) is 0.609. The number of nitrogens with one attached hydrogen (secondary N) is 1. The van der Waals surface area contributed by atoms with Gasteiger partial charge in [0.25, 0.3) is 0 Å². The second kappa shape index (κ2) is 21.2. The van der Waals surface area contributed by atoms with Crippen molar-refractivity contribution in [2.45, 2.75) is 128 Å². The molecule has 3 aromatic heterocycles. The highest BCUT2D eigenvalue weighted by Crippen LogP contribution is 2.37. The number of cyclic esters (lactones) is 1. The first-order valence-electron chi connectivity index (χ1n) is 23.1. The number of methoxy groups -OCH3 is 1. The summed E-state index contributed by atoms with van der Waals surface area (Å²) in [7, 11) is 1.54. The van der Waals surface area contributed by atoms with Crippen molar-refractivity contribution in [3.8, 4) is 22.6 Å². The van der Waals surface area contributed by atoms with Gasteiger partial charge in [0.2, 0.25) is 0 Å². The quantitative estimate of drug-likeness (QED) is 0.0591. The van der Waals surface area contributed by atoms with Crippen LogP contribution in [0.3, 0.4) is 0 Å². The van der Waals surface area contributed by atoms with Crippen molar-refractivity contribution in [1.82, 2.24) is 45.2 Å². The summed E-state index contributed by atoms with van der Waals surface area (Å²) in [5, 5.41) is 32.3. The Balaban J connectivity index is 1.04. The van der Waals surface area contributed by atoms with Gasteiger partial charge in [0.1, 0.15) is 35.8 Å². The number of hydrogen-bond donors (Lipinski definition) is 5. The first-order valence-corrected chi connectivity index (χ1v) is 23.1. The lowest BCUT2D eigenvalue weighted by molar-refractivity contribution is -0.301. The van der Waals surface area contributed by atoms with Gasteiger partial charge in [0.05, 0.1) is 48.5 Å². The van der Waals surface area contributed by atoms with Crippen molar-refractivity contribution >= 4 is 29.4 Å². The number of hydrogen-bond acceptors (Lipinski definition) is 18. The van der Waals surface area contributed by atoms with Crippen molar-refractivity contribution in [1.29, 1.82) is 0 Å². The highest BCUT2D eigenvalue weighted by molar-refractivity contribution is 6.00. The largest absolute Gasteiger partial charge is 0.461 e. The van der Waals surface area contributed by atoms with Crippen molar-refractivity contribution in [3.63, 3.8) is 0 Å². The summed E-state index contributed by atoms with van der Waals surface area (Å²) in [5.74, 6) is -3.50. The van der Waals surface area contributed by atoms with Crippen molar-refractivity contribution in [2.24, 2.45) is 29.4 Å². The number of esters is 1. The number of nitrogens with zero attached hydrogens (tertiary/aromatic N) is 8. The Morgan fingerprint density at radius 3 is 2.40 bits per heavy atom. The molecular formula is C46H66N12O9. The van der Waals surface area contributed by atoms with Crippen LogP contribution in [0.25, 0.3) is 22.6 Å². The van der Waals surface area contributed by atoms with Gasteiger partial charge in [-0.3, -0.25) is 19.2 Å². The molecule has 3 unspecified atom stereocenters. The van der Waals surface area contributed by atoms with E-state index < -0.39 is 78.1 Å². The van der Waals surface area contributed by atoms with Crippen LogP contribution >= 0.6 is 0 Å². The molecule has 8 N–H and O–H groups in total. The van der Waals surface area contributed by atoms with Gasteiger partial charge < -0.3 is 51.3 Å². The molecule has 13 atom stereocenters. The zero-order valence-corrected chi connectivity index (χ0v) is 39.3. The summed E-state index contributed by atoms with van der Waals surface area (Å²) in [6.45, 7) is 12.3. The van der Waals surface area contributed by atoms with Crippen LogP contribution in [0.4, 0.5) is 16.3 Å². The number of amides is 1. The van der Waals surface area contributed by atoms with E-state index in [1.165, 1.54) is 6.92 Å². The monoisotopic (exact) mass is 931 g/mol. The number of anilines is 2. The Kier molecular flexibility index (Phi) is 15.6. The highest BCUT2D eigenvalue weighted by Gasteiger charge is 2.51. The molecule has 1 amide bonds. The number of carbonyl (C=O) groups is 3. The van der Waals surface area contributed by atoms with E-state index in [1.54, 1.807) is 52.7 Å². The van der Waals surface area contributed by atoms with Crippen LogP contribution in [0, 0.1) is 23.7 Å². The number of fused-ring (bicyclic) bond motifs is 1. The zero-order chi connectivity index (χ0) is 48.2. The molecule has 3 fully saturated rings. The van der Waals surface area contributed by atoms with Gasteiger partial charge in [0.15, 0.2) is 18.2 Å². The standard InChI is InChI=1S/C46H66N12O9/c1-25-19-46(6,63-7)42(67-44-41(60)38(49)26(2)35(65-44)23-57-22-34(53-55-57)32-14-11-15-37(48)51-32)27(3)40(59)28(4)43(61)64-24-36-39(29(5)50-20-25)58(45(62)66-36)17-9-8-16-56-21-33(52-54-56)30-12-10-13-31(47)18-30/h10-15,18,21-22,25-29,35-36,38-39,41-42,44,50,60H,8-9,16-17,19-20,23-24,47,49H2,1-7H3,(H2,48,51)/t25-,26+,27+,28-,29-,35?,36-,38?,39-,41?,42-,44+,46-/m1/s1. The number of carbonyl (C=O) groups excluding carboxylic acids is 3. The second-order valence-corrected chi connectivity index (χ2v) is 18.7. The van der Waals surface area contributed by atoms with Crippen molar-refractivity contribution < 1.29 is 43.2 Å². The number of Topliss-reactive ketones (excluding diaryl/α,β-unsaturated/α-hetero) is 1. The number of pyridine rings is 1. The third-order valence-corrected chi connectivity index (χ3v) is 13.6. The molecular weight excluding hydrogens is 865 g/mol. The Labute approximate surface area is 390 Å². The summed E-state index contributed by atoms with van der Waals surface area (Å²) < 4.78 is 34.5. The Bertz CT molecular complexity index is 2330. The van der Waals surface area contributed by atoms with E-state index in [-0.39, 0.29) is 31.0 Å². The summed E-state index contributed by atoms with van der Waals surface area (Å²) in [4.78, 5) is 47.6. The number of rotatable bonds is 12. The third-order valence-electron chi connectivity index (χ3n) is 13.6. The fourth-order valence-corrected chi connectivity index (χ4v) is 9.54. The minimum absolute atomic E-state index is 0.0748. The van der Waals surface area contributed by atoms with Crippen LogP contribution in [0.2, 0.25) is 0 Å². The molecule has 3 saturated heterocycles. The maximum Gasteiger partial charge on any atom is 0.410 e. The van der Waals surface area contributed by atoms with Crippen LogP contribution in [-0.4, -0.2) is 144 Å². The lowest BCUT2D eigenvalue weighted by atomic mass is 9.78. The second-order valence-electron chi connectivity index (χ2n) is 18.7. The Hall–Kier alpha value is -5.58. The van der Waals surface area contributed by atoms with Gasteiger partial charge in [-0.05, 0) is 76.8 Å². The molecule has 4 aromatic rings. The van der Waals surface area contributed by atoms with Crippen LogP contribution in [0.1, 0.15) is 60.8 Å². The third kappa shape index (κ3) is 11.2. The smallest absolute Gasteiger partial charge is 0.410 e. The average Bonchev–Trinajstić information content (AvgIpc) is 4.06. The van der Waals surface area contributed by atoms with Gasteiger partial charge in [-0.15, -0.1) is 10.2 Å². The number of nitrogen functional groups attached to an aromatic ring is 2. The number of unbranched alkanes of at least 4 members (excludes halogenated alkanes) is 1. The molecule has 67 heavy (non-hydrogen) atoms. The number of ketones is 1. The molecule has 0 bridgehead atoms. The van der Waals surface area contributed by atoms with Crippen LogP contribution in [0.5, 0.6) is 0 Å². The number of aliphatic hydroxyl groups is 1. The van der Waals surface area contributed by atoms with Gasteiger partial charge in [-0.25, -0.2) is 14.5 Å². The number of aryl methyl sites for hydroxylation is 1. The number of nitrogens with two attached hydrogens (primary N) is 3. The van der Waals surface area contributed by atoms with Gasteiger partial charge in [0, 0.05) is 55.4 Å². The lowest BCUT2D eigenvalue weighted by Crippen LogP contribution is -2.62. The van der Waals surface area contributed by atoms with Gasteiger partial charge in [-0.2, -0.15) is 0 Å². The summed E-state index contributed by atoms with van der Waals surface area (Å²) in [5.41, 5.74) is 20.6. The molecule has 364 valence electrons. The molecule has 0 spiro atoms. The molecule has 21 heteroatoms. The minimum atomic E-state index is -1.29. The molecule has 0 radical (unpaired) electrons. The maximum atomic E-state index is 14.4. The molecule has 7 rings (SSSR count). The molecule has 21 nitrogen and oxygen atoms in total. The van der Waals surface area contributed by atoms with Crippen LogP contribution in [-0.2, 0) is 46.4 Å². The highest BCUT2D eigenvalue weighted by atomic mass is 16.7. The Morgan fingerprint density at radius 2 is 1.66 bits per heavy atom. The van der Waals surface area contributed by atoms with E-state index in [0.717, 1.165) is 5.56 Å². The SMILES string of the molecule is CO[C@]1(C)C[C@@H](C)CN[C@H](C)[C@@H]2[C@@H](COC(=O)[C@H](C)C(=O)[C@H](C)[C@H]1O[C@@H]1OC(Cn3cc(-c4cccc(N)n4)nn3)[C@H](C)C(N)C1O)OC(=O)N2CCCCn1cc(-c2cccc(N)c2)nn1. The van der Waals surface area contributed by atoms with Crippen molar-refractivity contribution in [2.75, 3.05) is 38.3 Å². The number of benzene rings is 1. The van der Waals surface area contributed by atoms with E-state index in [2.05, 4.69) is 30.9 Å². The summed E-state index contributed by atoms with van der Waals surface area (Å²) in [6.07, 6.45) is -0.187. The fourth-order valence-electron chi connectivity index (χ4n) is 9.54. The Morgan fingerprint density at radius 1 is 0.940 bits per heavy atom. The molecule has 1 aromatic carbocycles. The topological polar surface area (TPSA) is 285 Å². The summed E-state index contributed by atoms with van der Waals surface area (Å²) in [6, 6.07) is 11.1. The molecule has 3 aliphatic rings. The molecule has 0 aliphatic carbocycles. The number of ether oxygens (including phenoxy) is 5. The lowest BCUT2D eigenvalue weighted by Gasteiger charge is -2.47. The summed E-state index contributed by atoms with van der Waals surface area (Å²) >= 11 is 0. The molecule has 6 heterocycles. The number of aliphatic hydroxyl groups excluding tert-OH is 1. The minimum Gasteiger partial charge on any atom is -0.461 e. The average molecular weight is 931 g/mol. The predicted octanol–water partition coefficient (Wildman–Crippen LogP) is 2.67. The van der Waals surface area contributed by atoms with E-state index in [0.29, 0.717) is 67.5 Å². The predicted molar refractivity (Wildman–Crippen MR) is 245 cm³/mol. The first kappa shape index (κ1) is 49.3.